The van der Waals surface area contributed by atoms with Gasteiger partial charge in [-0.2, -0.15) is 0 Å². The zero-order valence-electron chi connectivity index (χ0n) is 18.2. The Balaban J connectivity index is 1.49. The van der Waals surface area contributed by atoms with E-state index >= 15 is 0 Å². The summed E-state index contributed by atoms with van der Waals surface area (Å²) in [5.41, 5.74) is 2.93. The molecule has 2 aromatic rings. The molecule has 0 unspecified atom stereocenters. The Hall–Kier alpha value is -2.69. The molecular formula is C25H31N3O2. The summed E-state index contributed by atoms with van der Waals surface area (Å²) in [4.78, 5) is 33.7. The molecule has 1 aliphatic carbocycles. The van der Waals surface area contributed by atoms with Gasteiger partial charge in [0.05, 0.1) is 5.41 Å². The molecule has 5 heteroatoms. The maximum Gasteiger partial charge on any atom is 0.228 e. The molecular weight excluding hydrogens is 374 g/mol. The quantitative estimate of drug-likeness (QED) is 0.763. The van der Waals surface area contributed by atoms with Gasteiger partial charge >= 0.3 is 0 Å². The van der Waals surface area contributed by atoms with Crippen LogP contribution in [0.4, 0.5) is 0 Å². The van der Waals surface area contributed by atoms with Gasteiger partial charge in [-0.3, -0.25) is 14.6 Å². The lowest BCUT2D eigenvalue weighted by Crippen LogP contribution is -2.51. The van der Waals surface area contributed by atoms with Gasteiger partial charge in [-0.15, -0.1) is 0 Å². The molecule has 2 fully saturated rings. The van der Waals surface area contributed by atoms with Crippen molar-refractivity contribution in [3.05, 3.63) is 54.4 Å². The number of carbonyl (C=O) groups excluding carboxylic acids is 2. The Morgan fingerprint density at radius 1 is 1.10 bits per heavy atom. The molecule has 2 atom stereocenters. The molecule has 0 radical (unpaired) electrons. The third-order valence-corrected chi connectivity index (χ3v) is 6.81. The van der Waals surface area contributed by atoms with Gasteiger partial charge in [-0.1, -0.05) is 37.3 Å². The molecule has 4 rings (SSSR count). The summed E-state index contributed by atoms with van der Waals surface area (Å²) in [6, 6.07) is 12.4. The zero-order chi connectivity index (χ0) is 21.3. The lowest BCUT2D eigenvalue weighted by atomic mass is 9.72. The van der Waals surface area contributed by atoms with Crippen molar-refractivity contribution in [1.29, 1.82) is 0 Å². The van der Waals surface area contributed by atoms with Crippen molar-refractivity contribution in [3.63, 3.8) is 0 Å². The van der Waals surface area contributed by atoms with Gasteiger partial charge in [0.1, 0.15) is 0 Å². The fraction of sp³-hybridized carbons (Fsp3) is 0.480. The van der Waals surface area contributed by atoms with Crippen LogP contribution in [0.15, 0.2) is 48.8 Å². The van der Waals surface area contributed by atoms with Crippen LogP contribution in [0.25, 0.3) is 11.1 Å². The molecule has 0 N–H and O–H groups in total. The van der Waals surface area contributed by atoms with Crippen molar-refractivity contribution >= 4 is 11.8 Å². The van der Waals surface area contributed by atoms with Crippen LogP contribution in [-0.4, -0.2) is 53.8 Å². The topological polar surface area (TPSA) is 53.5 Å². The SMILES string of the molecule is C[C@H]1C[C@H]1C(=O)N1CCC(Cc2ccc(-c3cccnc3)cc2)(C(=O)N(C)C)CC1. The van der Waals surface area contributed by atoms with Crippen molar-refractivity contribution in [2.75, 3.05) is 27.2 Å². The number of hydrogen-bond acceptors (Lipinski definition) is 3. The lowest BCUT2D eigenvalue weighted by Gasteiger charge is -2.42. The first-order chi connectivity index (χ1) is 14.4. The van der Waals surface area contributed by atoms with Crippen molar-refractivity contribution < 1.29 is 9.59 Å². The number of carbonyl (C=O) groups is 2. The van der Waals surface area contributed by atoms with Crippen molar-refractivity contribution in [2.45, 2.75) is 32.6 Å². The zero-order valence-corrected chi connectivity index (χ0v) is 18.2. The normalized spacial score (nSPS) is 22.4. The Kier molecular flexibility index (Phi) is 5.63. The highest BCUT2D eigenvalue weighted by atomic mass is 16.2. The third-order valence-electron chi connectivity index (χ3n) is 6.81. The highest BCUT2D eigenvalue weighted by Gasteiger charge is 2.46. The summed E-state index contributed by atoms with van der Waals surface area (Å²) >= 11 is 0. The van der Waals surface area contributed by atoms with Crippen molar-refractivity contribution in [1.82, 2.24) is 14.8 Å². The second-order valence-electron chi connectivity index (χ2n) is 9.24. The Labute approximate surface area is 179 Å². The van der Waals surface area contributed by atoms with E-state index in [1.807, 2.05) is 37.3 Å². The summed E-state index contributed by atoms with van der Waals surface area (Å²) < 4.78 is 0. The summed E-state index contributed by atoms with van der Waals surface area (Å²) in [6.07, 6.45) is 6.80. The number of nitrogens with zero attached hydrogens (tertiary/aromatic N) is 3. The van der Waals surface area contributed by atoms with Crippen LogP contribution in [0.3, 0.4) is 0 Å². The van der Waals surface area contributed by atoms with Gasteiger partial charge in [0, 0.05) is 45.5 Å². The van der Waals surface area contributed by atoms with Crippen molar-refractivity contribution in [3.8, 4) is 11.1 Å². The molecule has 2 aliphatic rings. The maximum atomic E-state index is 13.2. The second-order valence-corrected chi connectivity index (χ2v) is 9.24. The molecule has 158 valence electrons. The molecule has 1 aliphatic heterocycles. The first kappa shape index (κ1) is 20.6. The van der Waals surface area contributed by atoms with E-state index in [9.17, 15) is 9.59 Å². The molecule has 5 nitrogen and oxygen atoms in total. The molecule has 1 aromatic carbocycles. The first-order valence-corrected chi connectivity index (χ1v) is 10.9. The fourth-order valence-corrected chi connectivity index (χ4v) is 4.74. The minimum atomic E-state index is -0.439. The average molecular weight is 406 g/mol. The highest BCUT2D eigenvalue weighted by Crippen LogP contribution is 2.42. The number of pyridine rings is 1. The molecule has 1 aromatic heterocycles. The van der Waals surface area contributed by atoms with Crippen LogP contribution < -0.4 is 0 Å². The minimum Gasteiger partial charge on any atom is -0.348 e. The first-order valence-electron chi connectivity index (χ1n) is 10.9. The molecule has 2 amide bonds. The summed E-state index contributed by atoms with van der Waals surface area (Å²) in [7, 11) is 3.66. The van der Waals surface area contributed by atoms with E-state index in [-0.39, 0.29) is 17.7 Å². The van der Waals surface area contributed by atoms with Crippen LogP contribution in [0.1, 0.15) is 31.7 Å². The van der Waals surface area contributed by atoms with Crippen LogP contribution in [0.5, 0.6) is 0 Å². The minimum absolute atomic E-state index is 0.172. The van der Waals surface area contributed by atoms with E-state index in [2.05, 4.69) is 36.2 Å². The molecule has 2 heterocycles. The number of hydrogen-bond donors (Lipinski definition) is 0. The maximum absolute atomic E-state index is 13.2. The van der Waals surface area contributed by atoms with Crippen LogP contribution in [-0.2, 0) is 16.0 Å². The number of likely N-dealkylation sites (tertiary alicyclic amines) is 1. The molecule has 1 saturated carbocycles. The fourth-order valence-electron chi connectivity index (χ4n) is 4.74. The number of rotatable bonds is 5. The van der Waals surface area contributed by atoms with Gasteiger partial charge in [0.15, 0.2) is 0 Å². The van der Waals surface area contributed by atoms with Gasteiger partial charge in [0.2, 0.25) is 11.8 Å². The van der Waals surface area contributed by atoms with E-state index in [1.54, 1.807) is 11.1 Å². The average Bonchev–Trinajstić information content (AvgIpc) is 3.51. The van der Waals surface area contributed by atoms with E-state index in [0.29, 0.717) is 25.4 Å². The lowest BCUT2D eigenvalue weighted by molar-refractivity contribution is -0.146. The second kappa shape index (κ2) is 8.21. The number of aromatic nitrogens is 1. The van der Waals surface area contributed by atoms with Gasteiger partial charge < -0.3 is 9.80 Å². The standard InChI is InChI=1S/C25H31N3O2/c1-18-15-22(18)23(29)28-13-10-25(11-14-28,24(30)27(2)3)16-19-6-8-20(9-7-19)21-5-4-12-26-17-21/h4-9,12,17-18,22H,10-11,13-16H2,1-3H3/t18-,22+/m0/s1. The molecule has 0 bridgehead atoms. The largest absolute Gasteiger partial charge is 0.348 e. The number of piperidine rings is 1. The van der Waals surface area contributed by atoms with Crippen LogP contribution >= 0.6 is 0 Å². The Morgan fingerprint density at radius 3 is 2.30 bits per heavy atom. The predicted molar refractivity (Wildman–Crippen MR) is 118 cm³/mol. The number of amides is 2. The summed E-state index contributed by atoms with van der Waals surface area (Å²) in [5.74, 6) is 1.19. The monoisotopic (exact) mass is 405 g/mol. The van der Waals surface area contributed by atoms with E-state index in [4.69, 9.17) is 0 Å². The Morgan fingerprint density at radius 2 is 1.77 bits per heavy atom. The Bertz CT molecular complexity index is 900. The summed E-state index contributed by atoms with van der Waals surface area (Å²) in [5, 5.41) is 0. The van der Waals surface area contributed by atoms with E-state index < -0.39 is 5.41 Å². The van der Waals surface area contributed by atoms with Crippen molar-refractivity contribution in [2.24, 2.45) is 17.3 Å². The van der Waals surface area contributed by atoms with Crippen LogP contribution in [0, 0.1) is 17.3 Å². The molecule has 30 heavy (non-hydrogen) atoms. The number of benzene rings is 1. The predicted octanol–water partition coefficient (Wildman–Crippen LogP) is 3.64. The van der Waals surface area contributed by atoms with Gasteiger partial charge in [0.25, 0.3) is 0 Å². The third kappa shape index (κ3) is 4.11. The highest BCUT2D eigenvalue weighted by molar-refractivity contribution is 5.84. The van der Waals surface area contributed by atoms with Gasteiger partial charge in [-0.25, -0.2) is 0 Å². The van der Waals surface area contributed by atoms with Gasteiger partial charge in [-0.05, 0) is 54.4 Å². The summed E-state index contributed by atoms with van der Waals surface area (Å²) in [6.45, 7) is 3.49. The smallest absolute Gasteiger partial charge is 0.228 e. The molecule has 1 saturated heterocycles. The van der Waals surface area contributed by atoms with Crippen LogP contribution in [0.2, 0.25) is 0 Å². The van der Waals surface area contributed by atoms with E-state index in [0.717, 1.165) is 36.0 Å². The molecule has 0 spiro atoms. The van der Waals surface area contributed by atoms with E-state index in [1.165, 1.54) is 0 Å².